The number of rotatable bonds is 4. The molecule has 0 spiro atoms. The van der Waals surface area contributed by atoms with E-state index in [0.717, 1.165) is 38.9 Å². The van der Waals surface area contributed by atoms with Gasteiger partial charge in [-0.2, -0.15) is 0 Å². The largest absolute Gasteiger partial charge is 0.322 e. The SMILES string of the molecule is CCCN(C(=O)Nc1ccc(F)cc1)C1CCCNC1. The van der Waals surface area contributed by atoms with Gasteiger partial charge in [0.1, 0.15) is 5.82 Å². The van der Waals surface area contributed by atoms with Crippen molar-refractivity contribution in [2.24, 2.45) is 0 Å². The molecule has 1 heterocycles. The lowest BCUT2D eigenvalue weighted by Gasteiger charge is -2.34. The van der Waals surface area contributed by atoms with E-state index in [4.69, 9.17) is 0 Å². The van der Waals surface area contributed by atoms with Crippen molar-refractivity contribution in [3.63, 3.8) is 0 Å². The Morgan fingerprint density at radius 2 is 2.20 bits per heavy atom. The summed E-state index contributed by atoms with van der Waals surface area (Å²) in [5.41, 5.74) is 0.626. The molecular formula is C15H22FN3O. The molecule has 20 heavy (non-hydrogen) atoms. The Morgan fingerprint density at radius 3 is 2.80 bits per heavy atom. The number of halogens is 1. The molecule has 4 nitrogen and oxygen atoms in total. The first kappa shape index (κ1) is 14.8. The lowest BCUT2D eigenvalue weighted by Crippen LogP contribution is -2.50. The zero-order chi connectivity index (χ0) is 14.4. The van der Waals surface area contributed by atoms with Crippen LogP contribution in [0.1, 0.15) is 26.2 Å². The van der Waals surface area contributed by atoms with E-state index >= 15 is 0 Å². The van der Waals surface area contributed by atoms with Crippen LogP contribution in [0.25, 0.3) is 0 Å². The monoisotopic (exact) mass is 279 g/mol. The predicted molar refractivity (Wildman–Crippen MR) is 78.3 cm³/mol. The minimum absolute atomic E-state index is 0.104. The van der Waals surface area contributed by atoms with Gasteiger partial charge in [-0.3, -0.25) is 0 Å². The topological polar surface area (TPSA) is 44.4 Å². The van der Waals surface area contributed by atoms with Crippen molar-refractivity contribution in [1.82, 2.24) is 10.2 Å². The number of nitrogens with one attached hydrogen (secondary N) is 2. The molecule has 1 atom stereocenters. The Labute approximate surface area is 119 Å². The van der Waals surface area contributed by atoms with E-state index < -0.39 is 0 Å². The van der Waals surface area contributed by atoms with Gasteiger partial charge in [0.15, 0.2) is 0 Å². The molecule has 2 N–H and O–H groups in total. The summed E-state index contributed by atoms with van der Waals surface area (Å²) in [5.74, 6) is -0.301. The first-order chi connectivity index (χ1) is 9.70. The Hall–Kier alpha value is -1.62. The molecule has 2 amide bonds. The number of carbonyl (C=O) groups is 1. The van der Waals surface area contributed by atoms with E-state index in [1.807, 2.05) is 4.90 Å². The highest BCUT2D eigenvalue weighted by atomic mass is 19.1. The molecule has 2 rings (SSSR count). The van der Waals surface area contributed by atoms with Crippen LogP contribution in [-0.2, 0) is 0 Å². The van der Waals surface area contributed by atoms with Gasteiger partial charge < -0.3 is 15.5 Å². The molecule has 5 heteroatoms. The zero-order valence-corrected chi connectivity index (χ0v) is 11.9. The number of urea groups is 1. The summed E-state index contributed by atoms with van der Waals surface area (Å²) in [6.45, 7) is 4.67. The molecule has 0 aromatic heterocycles. The van der Waals surface area contributed by atoms with Crippen molar-refractivity contribution in [2.75, 3.05) is 25.0 Å². The molecule has 0 radical (unpaired) electrons. The van der Waals surface area contributed by atoms with Gasteiger partial charge in [0.25, 0.3) is 0 Å². The van der Waals surface area contributed by atoms with Crippen molar-refractivity contribution in [3.05, 3.63) is 30.1 Å². The summed E-state index contributed by atoms with van der Waals surface area (Å²) in [6, 6.07) is 5.99. The molecule has 1 aromatic carbocycles. The van der Waals surface area contributed by atoms with Gasteiger partial charge in [0.2, 0.25) is 0 Å². The zero-order valence-electron chi connectivity index (χ0n) is 11.9. The number of amides is 2. The van der Waals surface area contributed by atoms with Gasteiger partial charge in [-0.25, -0.2) is 9.18 Å². The fourth-order valence-electron chi connectivity index (χ4n) is 2.52. The first-order valence-electron chi connectivity index (χ1n) is 7.24. The normalized spacial score (nSPS) is 18.6. The maximum atomic E-state index is 12.9. The smallest absolute Gasteiger partial charge is 0.320 e. The maximum Gasteiger partial charge on any atom is 0.322 e. The second-order valence-electron chi connectivity index (χ2n) is 5.13. The highest BCUT2D eigenvalue weighted by Gasteiger charge is 2.24. The van der Waals surface area contributed by atoms with E-state index in [2.05, 4.69) is 17.6 Å². The van der Waals surface area contributed by atoms with Gasteiger partial charge in [0.05, 0.1) is 0 Å². The molecule has 1 unspecified atom stereocenters. The van der Waals surface area contributed by atoms with Crippen molar-refractivity contribution in [1.29, 1.82) is 0 Å². The summed E-state index contributed by atoms with van der Waals surface area (Å²) in [5, 5.41) is 6.17. The molecule has 0 bridgehead atoms. The number of carbonyl (C=O) groups excluding carboxylic acids is 1. The minimum Gasteiger partial charge on any atom is -0.320 e. The number of hydrogen-bond donors (Lipinski definition) is 2. The third kappa shape index (κ3) is 3.93. The molecule has 0 saturated carbocycles. The Kier molecular flexibility index (Phi) is 5.35. The summed E-state index contributed by atoms with van der Waals surface area (Å²) in [4.78, 5) is 14.3. The van der Waals surface area contributed by atoms with Crippen LogP contribution in [0.3, 0.4) is 0 Å². The average molecular weight is 279 g/mol. The van der Waals surface area contributed by atoms with Crippen LogP contribution in [0.4, 0.5) is 14.9 Å². The van der Waals surface area contributed by atoms with E-state index in [1.54, 1.807) is 12.1 Å². The standard InChI is InChI=1S/C15H22FN3O/c1-2-10-19(14-4-3-9-17-11-14)15(20)18-13-7-5-12(16)6-8-13/h5-8,14,17H,2-4,9-11H2,1H3,(H,18,20). The van der Waals surface area contributed by atoms with Gasteiger partial charge in [0, 0.05) is 24.8 Å². The second kappa shape index (κ2) is 7.24. The van der Waals surface area contributed by atoms with Gasteiger partial charge >= 0.3 is 6.03 Å². The van der Waals surface area contributed by atoms with E-state index in [0.29, 0.717) is 5.69 Å². The van der Waals surface area contributed by atoms with Crippen molar-refractivity contribution < 1.29 is 9.18 Å². The van der Waals surface area contributed by atoms with Crippen LogP contribution >= 0.6 is 0 Å². The van der Waals surface area contributed by atoms with E-state index in [9.17, 15) is 9.18 Å². The predicted octanol–water partition coefficient (Wildman–Crippen LogP) is 2.82. The quantitative estimate of drug-likeness (QED) is 0.890. The third-order valence-corrected chi connectivity index (χ3v) is 3.53. The second-order valence-corrected chi connectivity index (χ2v) is 5.13. The molecule has 1 aromatic rings. The summed E-state index contributed by atoms with van der Waals surface area (Å²) in [7, 11) is 0. The first-order valence-corrected chi connectivity index (χ1v) is 7.24. The van der Waals surface area contributed by atoms with Crippen LogP contribution in [0.5, 0.6) is 0 Å². The number of piperidine rings is 1. The highest BCUT2D eigenvalue weighted by Crippen LogP contribution is 2.14. The molecule has 1 aliphatic heterocycles. The van der Waals surface area contributed by atoms with Gasteiger partial charge in [-0.15, -0.1) is 0 Å². The molecule has 110 valence electrons. The average Bonchev–Trinajstić information content (AvgIpc) is 2.48. The number of benzene rings is 1. The highest BCUT2D eigenvalue weighted by molar-refractivity contribution is 5.89. The van der Waals surface area contributed by atoms with Crippen LogP contribution in [0.15, 0.2) is 24.3 Å². The van der Waals surface area contributed by atoms with Crippen LogP contribution in [0.2, 0.25) is 0 Å². The number of hydrogen-bond acceptors (Lipinski definition) is 2. The van der Waals surface area contributed by atoms with Crippen molar-refractivity contribution in [3.8, 4) is 0 Å². The van der Waals surface area contributed by atoms with E-state index in [-0.39, 0.29) is 17.9 Å². The molecule has 1 aliphatic rings. The maximum absolute atomic E-state index is 12.9. The van der Waals surface area contributed by atoms with Crippen molar-refractivity contribution >= 4 is 11.7 Å². The molecule has 1 saturated heterocycles. The number of anilines is 1. The lowest BCUT2D eigenvalue weighted by atomic mass is 10.1. The van der Waals surface area contributed by atoms with Gasteiger partial charge in [-0.1, -0.05) is 6.92 Å². The minimum atomic E-state index is -0.301. The van der Waals surface area contributed by atoms with Crippen molar-refractivity contribution in [2.45, 2.75) is 32.2 Å². The molecular weight excluding hydrogens is 257 g/mol. The van der Waals surface area contributed by atoms with E-state index in [1.165, 1.54) is 12.1 Å². The molecule has 1 fully saturated rings. The van der Waals surface area contributed by atoms with Crippen LogP contribution < -0.4 is 10.6 Å². The molecule has 0 aliphatic carbocycles. The summed E-state index contributed by atoms with van der Waals surface area (Å²) >= 11 is 0. The van der Waals surface area contributed by atoms with Gasteiger partial charge in [-0.05, 0) is 50.1 Å². The Balaban J connectivity index is 2.00. The van der Waals surface area contributed by atoms with Crippen LogP contribution in [0, 0.1) is 5.82 Å². The number of nitrogens with zero attached hydrogens (tertiary/aromatic N) is 1. The Bertz CT molecular complexity index is 429. The lowest BCUT2D eigenvalue weighted by molar-refractivity contribution is 0.173. The fourth-order valence-corrected chi connectivity index (χ4v) is 2.52. The fraction of sp³-hybridized carbons (Fsp3) is 0.533. The van der Waals surface area contributed by atoms with Crippen LogP contribution in [-0.4, -0.2) is 36.6 Å². The summed E-state index contributed by atoms with van der Waals surface area (Å²) < 4.78 is 12.9. The third-order valence-electron chi connectivity index (χ3n) is 3.53. The Morgan fingerprint density at radius 1 is 1.45 bits per heavy atom. The summed E-state index contributed by atoms with van der Waals surface area (Å²) in [6.07, 6.45) is 3.05.